The van der Waals surface area contributed by atoms with Gasteiger partial charge in [-0.1, -0.05) is 19.3 Å². The van der Waals surface area contributed by atoms with E-state index in [1.54, 1.807) is 7.05 Å². The fraction of sp³-hybridized carbons (Fsp3) is 0.538. The number of carboxylic acids is 1. The largest absolute Gasteiger partial charge is 0.478 e. The monoisotopic (exact) mass is 279 g/mol. The molecule has 0 aromatic carbocycles. The molecule has 0 amide bonds. The van der Waals surface area contributed by atoms with Crippen molar-refractivity contribution in [1.82, 2.24) is 4.98 Å². The maximum absolute atomic E-state index is 11.3. The van der Waals surface area contributed by atoms with Crippen LogP contribution >= 0.6 is 0 Å². The van der Waals surface area contributed by atoms with Crippen molar-refractivity contribution in [1.29, 1.82) is 0 Å². The molecular weight excluding hydrogens is 262 g/mol. The second-order valence-corrected chi connectivity index (χ2v) is 5.03. The van der Waals surface area contributed by atoms with Gasteiger partial charge in [0.2, 0.25) is 0 Å². The molecule has 1 saturated carbocycles. The van der Waals surface area contributed by atoms with Crippen LogP contribution < -0.4 is 4.90 Å². The Balaban J connectivity index is 2.34. The molecule has 108 valence electrons. The fourth-order valence-electron chi connectivity index (χ4n) is 2.63. The van der Waals surface area contributed by atoms with E-state index in [1.807, 2.05) is 4.90 Å². The number of hydrogen-bond acceptors (Lipinski definition) is 5. The van der Waals surface area contributed by atoms with E-state index in [0.29, 0.717) is 5.82 Å². The summed E-state index contributed by atoms with van der Waals surface area (Å²) in [4.78, 5) is 27.2. The van der Waals surface area contributed by atoms with Gasteiger partial charge in [-0.3, -0.25) is 10.1 Å². The van der Waals surface area contributed by atoms with Crippen molar-refractivity contribution in [2.75, 3.05) is 11.9 Å². The number of aromatic nitrogens is 1. The Labute approximate surface area is 116 Å². The average Bonchev–Trinajstić information content (AvgIpc) is 2.46. The Morgan fingerprint density at radius 3 is 2.65 bits per heavy atom. The molecule has 0 unspecified atom stereocenters. The van der Waals surface area contributed by atoms with Crippen molar-refractivity contribution in [3.8, 4) is 0 Å². The minimum absolute atomic E-state index is 0.118. The summed E-state index contributed by atoms with van der Waals surface area (Å²) in [6.07, 6.45) is 6.53. The predicted molar refractivity (Wildman–Crippen MR) is 73.1 cm³/mol. The standard InChI is InChI=1S/C13H17N3O4/c1-15(9-5-3-2-4-6-9)12-11(13(17)18)7-10(8-14-12)16(19)20/h7-9H,2-6H2,1H3,(H,17,18). The minimum Gasteiger partial charge on any atom is -0.478 e. The number of nitrogens with zero attached hydrogens (tertiary/aromatic N) is 3. The van der Waals surface area contributed by atoms with Gasteiger partial charge in [-0.15, -0.1) is 0 Å². The van der Waals surface area contributed by atoms with Crippen molar-refractivity contribution in [2.45, 2.75) is 38.1 Å². The van der Waals surface area contributed by atoms with Gasteiger partial charge in [-0.25, -0.2) is 9.78 Å². The summed E-state index contributed by atoms with van der Waals surface area (Å²) in [7, 11) is 1.80. The highest BCUT2D eigenvalue weighted by atomic mass is 16.6. The summed E-state index contributed by atoms with van der Waals surface area (Å²) in [6, 6.07) is 1.32. The minimum atomic E-state index is -1.20. The van der Waals surface area contributed by atoms with Gasteiger partial charge in [0, 0.05) is 19.2 Å². The average molecular weight is 279 g/mol. The molecule has 1 heterocycles. The second-order valence-electron chi connectivity index (χ2n) is 5.03. The molecule has 0 spiro atoms. The number of carbonyl (C=O) groups is 1. The van der Waals surface area contributed by atoms with Crippen LogP contribution in [-0.2, 0) is 0 Å². The van der Waals surface area contributed by atoms with E-state index in [9.17, 15) is 20.0 Å². The first-order chi connectivity index (χ1) is 9.50. The van der Waals surface area contributed by atoms with E-state index in [0.717, 1.165) is 37.9 Å². The Morgan fingerprint density at radius 2 is 2.10 bits per heavy atom. The molecule has 1 aliphatic carbocycles. The lowest BCUT2D eigenvalue weighted by Gasteiger charge is -2.32. The molecule has 0 radical (unpaired) electrons. The maximum atomic E-state index is 11.3. The van der Waals surface area contributed by atoms with E-state index >= 15 is 0 Å². The Morgan fingerprint density at radius 1 is 1.45 bits per heavy atom. The van der Waals surface area contributed by atoms with Crippen molar-refractivity contribution < 1.29 is 14.8 Å². The lowest BCUT2D eigenvalue weighted by atomic mass is 9.94. The normalized spacial score (nSPS) is 15.8. The van der Waals surface area contributed by atoms with Crippen LogP contribution in [0.2, 0.25) is 0 Å². The van der Waals surface area contributed by atoms with Crippen LogP contribution in [0.5, 0.6) is 0 Å². The third-order valence-corrected chi connectivity index (χ3v) is 3.75. The topological polar surface area (TPSA) is 96.6 Å². The first kappa shape index (κ1) is 14.2. The van der Waals surface area contributed by atoms with Crippen LogP contribution in [0.15, 0.2) is 12.3 Å². The molecule has 1 N–H and O–H groups in total. The van der Waals surface area contributed by atoms with Gasteiger partial charge in [0.05, 0.1) is 4.92 Å². The Hall–Kier alpha value is -2.18. The smallest absolute Gasteiger partial charge is 0.339 e. The molecule has 7 nitrogen and oxygen atoms in total. The zero-order valence-electron chi connectivity index (χ0n) is 11.3. The van der Waals surface area contributed by atoms with Crippen LogP contribution in [0, 0.1) is 10.1 Å². The summed E-state index contributed by atoms with van der Waals surface area (Å²) in [6.45, 7) is 0. The zero-order valence-corrected chi connectivity index (χ0v) is 11.3. The highest BCUT2D eigenvalue weighted by Crippen LogP contribution is 2.28. The number of anilines is 1. The highest BCUT2D eigenvalue weighted by Gasteiger charge is 2.25. The van der Waals surface area contributed by atoms with Crippen LogP contribution in [0.3, 0.4) is 0 Å². The van der Waals surface area contributed by atoms with Gasteiger partial charge in [-0.2, -0.15) is 0 Å². The molecular formula is C13H17N3O4. The van der Waals surface area contributed by atoms with Crippen LogP contribution in [0.25, 0.3) is 0 Å². The van der Waals surface area contributed by atoms with Crippen molar-refractivity contribution in [3.63, 3.8) is 0 Å². The molecule has 20 heavy (non-hydrogen) atoms. The predicted octanol–water partition coefficient (Wildman–Crippen LogP) is 2.46. The van der Waals surface area contributed by atoms with Gasteiger partial charge in [0.25, 0.3) is 5.69 Å². The lowest BCUT2D eigenvalue weighted by molar-refractivity contribution is -0.385. The number of aromatic carboxylic acids is 1. The molecule has 1 aromatic heterocycles. The van der Waals surface area contributed by atoms with E-state index in [1.165, 1.54) is 6.42 Å². The van der Waals surface area contributed by atoms with Crippen LogP contribution in [0.4, 0.5) is 11.5 Å². The van der Waals surface area contributed by atoms with Crippen LogP contribution in [0.1, 0.15) is 42.5 Å². The van der Waals surface area contributed by atoms with E-state index in [2.05, 4.69) is 4.98 Å². The van der Waals surface area contributed by atoms with Crippen molar-refractivity contribution >= 4 is 17.5 Å². The molecule has 1 aliphatic rings. The van der Waals surface area contributed by atoms with Gasteiger partial charge >= 0.3 is 5.97 Å². The van der Waals surface area contributed by atoms with Gasteiger partial charge in [-0.05, 0) is 12.8 Å². The number of nitro groups is 1. The molecule has 0 aliphatic heterocycles. The Kier molecular flexibility index (Phi) is 4.16. The number of carboxylic acid groups (broad SMARTS) is 1. The van der Waals surface area contributed by atoms with Gasteiger partial charge < -0.3 is 10.0 Å². The molecule has 7 heteroatoms. The first-order valence-electron chi connectivity index (χ1n) is 6.61. The summed E-state index contributed by atoms with van der Waals surface area (Å²) in [5, 5.41) is 19.9. The van der Waals surface area contributed by atoms with Gasteiger partial charge in [0.15, 0.2) is 0 Å². The summed E-state index contributed by atoms with van der Waals surface area (Å²) >= 11 is 0. The zero-order chi connectivity index (χ0) is 14.7. The molecule has 1 fully saturated rings. The third kappa shape index (κ3) is 2.87. The second kappa shape index (κ2) is 5.85. The highest BCUT2D eigenvalue weighted by molar-refractivity contribution is 5.94. The number of pyridine rings is 1. The SMILES string of the molecule is CN(c1ncc([N+](=O)[O-])cc1C(=O)O)C1CCCCC1. The summed E-state index contributed by atoms with van der Waals surface area (Å²) in [5.74, 6) is -0.895. The summed E-state index contributed by atoms with van der Waals surface area (Å²) < 4.78 is 0. The number of hydrogen-bond donors (Lipinski definition) is 1. The molecule has 2 rings (SSSR count). The molecule has 0 atom stereocenters. The van der Waals surface area contributed by atoms with E-state index in [-0.39, 0.29) is 17.3 Å². The quantitative estimate of drug-likeness (QED) is 0.671. The van der Waals surface area contributed by atoms with Gasteiger partial charge in [0.1, 0.15) is 17.6 Å². The van der Waals surface area contributed by atoms with Crippen molar-refractivity contribution in [2.24, 2.45) is 0 Å². The lowest BCUT2D eigenvalue weighted by Crippen LogP contribution is -2.35. The van der Waals surface area contributed by atoms with E-state index < -0.39 is 10.9 Å². The molecule has 1 aromatic rings. The summed E-state index contributed by atoms with van der Waals surface area (Å²) in [5.41, 5.74) is -0.421. The Bertz CT molecular complexity index is 526. The first-order valence-corrected chi connectivity index (χ1v) is 6.61. The van der Waals surface area contributed by atoms with Crippen LogP contribution in [-0.4, -0.2) is 34.1 Å². The third-order valence-electron chi connectivity index (χ3n) is 3.75. The number of rotatable bonds is 4. The fourth-order valence-corrected chi connectivity index (χ4v) is 2.63. The maximum Gasteiger partial charge on any atom is 0.339 e. The van der Waals surface area contributed by atoms with E-state index in [4.69, 9.17) is 0 Å². The molecule has 0 bridgehead atoms. The van der Waals surface area contributed by atoms with Crippen molar-refractivity contribution in [3.05, 3.63) is 27.9 Å². The molecule has 0 saturated heterocycles.